The maximum Gasteiger partial charge on any atom is 0.240 e. The number of hydrogen-bond acceptors (Lipinski definition) is 4. The molecule has 0 bridgehead atoms. The summed E-state index contributed by atoms with van der Waals surface area (Å²) in [5.74, 6) is -0.180. The van der Waals surface area contributed by atoms with Gasteiger partial charge in [0, 0.05) is 30.2 Å². The molecule has 1 aliphatic rings. The summed E-state index contributed by atoms with van der Waals surface area (Å²) >= 11 is 12.1. The van der Waals surface area contributed by atoms with Crippen molar-refractivity contribution in [1.82, 2.24) is 4.90 Å². The lowest BCUT2D eigenvalue weighted by Gasteiger charge is -2.20. The number of sulfonamides is 1. The van der Waals surface area contributed by atoms with E-state index in [9.17, 15) is 13.2 Å². The Labute approximate surface area is 174 Å². The summed E-state index contributed by atoms with van der Waals surface area (Å²) < 4.78 is 24.7. The molecule has 0 aromatic heterocycles. The molecule has 0 spiro atoms. The van der Waals surface area contributed by atoms with Gasteiger partial charge in [0.15, 0.2) is 0 Å². The molecule has 3 rings (SSSR count). The topological polar surface area (TPSA) is 83.7 Å². The molecule has 6 nitrogen and oxygen atoms in total. The average Bonchev–Trinajstić information content (AvgIpc) is 3.05. The molecule has 0 radical (unpaired) electrons. The first kappa shape index (κ1) is 20.9. The van der Waals surface area contributed by atoms with Gasteiger partial charge in [0.1, 0.15) is 0 Å². The zero-order valence-electron chi connectivity index (χ0n) is 15.5. The van der Waals surface area contributed by atoms with Gasteiger partial charge in [-0.2, -0.15) is 0 Å². The van der Waals surface area contributed by atoms with Crippen LogP contribution in [0.4, 0.5) is 5.69 Å². The summed E-state index contributed by atoms with van der Waals surface area (Å²) in [5, 5.41) is 1.01. The molecule has 1 aliphatic heterocycles. The van der Waals surface area contributed by atoms with Crippen LogP contribution in [-0.4, -0.2) is 38.6 Å². The Morgan fingerprint density at radius 2 is 1.86 bits per heavy atom. The maximum absolute atomic E-state index is 12.8. The molecule has 0 aliphatic carbocycles. The van der Waals surface area contributed by atoms with Crippen LogP contribution in [0.3, 0.4) is 0 Å². The molecular formula is C19H21Cl2N3O3S. The number of benzene rings is 2. The fourth-order valence-electron chi connectivity index (χ4n) is 3.17. The largest absolute Gasteiger partial charge is 0.333 e. The van der Waals surface area contributed by atoms with Gasteiger partial charge in [-0.15, -0.1) is 0 Å². The molecule has 2 aromatic rings. The van der Waals surface area contributed by atoms with E-state index in [0.29, 0.717) is 35.2 Å². The highest BCUT2D eigenvalue weighted by Crippen LogP contribution is 2.29. The molecule has 0 saturated heterocycles. The standard InChI is InChI=1S/C19H21Cl2N3O3S/c1-23(28(2,26)27)16-6-4-13-10-24(11-14(13)7-16)19(25)18(22)8-12-3-5-15(20)9-17(12)21/h3-7,9,18H,8,10-11,22H2,1-2H3/t18-/m1/s1. The van der Waals surface area contributed by atoms with E-state index in [-0.39, 0.29) is 5.91 Å². The minimum absolute atomic E-state index is 0.180. The third kappa shape index (κ3) is 4.43. The Balaban J connectivity index is 1.71. The lowest BCUT2D eigenvalue weighted by atomic mass is 10.1. The molecule has 0 fully saturated rings. The Bertz CT molecular complexity index is 1030. The fourth-order valence-corrected chi connectivity index (χ4v) is 4.15. The normalized spacial score (nSPS) is 14.7. The lowest BCUT2D eigenvalue weighted by molar-refractivity contribution is -0.133. The monoisotopic (exact) mass is 441 g/mol. The first-order chi connectivity index (χ1) is 13.1. The summed E-state index contributed by atoms with van der Waals surface area (Å²) in [6, 6.07) is 9.76. The highest BCUT2D eigenvalue weighted by Gasteiger charge is 2.28. The molecule has 2 N–H and O–H groups in total. The Morgan fingerprint density at radius 1 is 1.18 bits per heavy atom. The quantitative estimate of drug-likeness (QED) is 0.772. The summed E-state index contributed by atoms with van der Waals surface area (Å²) in [6.07, 6.45) is 1.46. The van der Waals surface area contributed by atoms with Gasteiger partial charge in [-0.3, -0.25) is 9.10 Å². The average molecular weight is 442 g/mol. The minimum atomic E-state index is -3.35. The van der Waals surface area contributed by atoms with E-state index in [2.05, 4.69) is 0 Å². The highest BCUT2D eigenvalue weighted by molar-refractivity contribution is 7.92. The molecule has 0 saturated carbocycles. The number of halogens is 2. The molecule has 1 amide bonds. The van der Waals surface area contributed by atoms with Crippen molar-refractivity contribution in [2.45, 2.75) is 25.6 Å². The van der Waals surface area contributed by atoms with E-state index in [1.165, 1.54) is 11.4 Å². The van der Waals surface area contributed by atoms with Crippen molar-refractivity contribution in [2.75, 3.05) is 17.6 Å². The van der Waals surface area contributed by atoms with Crippen LogP contribution in [0.15, 0.2) is 36.4 Å². The second-order valence-electron chi connectivity index (χ2n) is 6.92. The zero-order chi connectivity index (χ0) is 20.6. The van der Waals surface area contributed by atoms with Gasteiger partial charge in [0.2, 0.25) is 15.9 Å². The molecule has 9 heteroatoms. The highest BCUT2D eigenvalue weighted by atomic mass is 35.5. The number of rotatable bonds is 5. The number of carbonyl (C=O) groups is 1. The third-order valence-corrected chi connectivity index (χ3v) is 6.65. The van der Waals surface area contributed by atoms with Gasteiger partial charge in [-0.1, -0.05) is 35.3 Å². The van der Waals surface area contributed by atoms with E-state index in [1.54, 1.807) is 35.2 Å². The molecule has 150 valence electrons. The van der Waals surface area contributed by atoms with Gasteiger partial charge in [0.25, 0.3) is 0 Å². The fraction of sp³-hybridized carbons (Fsp3) is 0.316. The number of fused-ring (bicyclic) bond motifs is 1. The van der Waals surface area contributed by atoms with E-state index >= 15 is 0 Å². The number of anilines is 1. The molecule has 28 heavy (non-hydrogen) atoms. The van der Waals surface area contributed by atoms with Crippen molar-refractivity contribution in [3.63, 3.8) is 0 Å². The molecule has 1 heterocycles. The van der Waals surface area contributed by atoms with E-state index in [4.69, 9.17) is 28.9 Å². The van der Waals surface area contributed by atoms with E-state index in [1.807, 2.05) is 6.07 Å². The van der Waals surface area contributed by atoms with Gasteiger partial charge in [-0.25, -0.2) is 8.42 Å². The SMILES string of the molecule is CN(c1ccc2c(c1)CN(C(=O)[C@H](N)Cc1ccc(Cl)cc1Cl)C2)S(C)(=O)=O. The van der Waals surface area contributed by atoms with Crippen LogP contribution in [0.5, 0.6) is 0 Å². The summed E-state index contributed by atoms with van der Waals surface area (Å²) in [4.78, 5) is 14.5. The lowest BCUT2D eigenvalue weighted by Crippen LogP contribution is -2.42. The number of carbonyl (C=O) groups excluding carboxylic acids is 1. The Morgan fingerprint density at radius 3 is 2.50 bits per heavy atom. The Hall–Kier alpha value is -1.80. The van der Waals surface area contributed by atoms with Crippen LogP contribution in [0, 0.1) is 0 Å². The molecule has 2 aromatic carbocycles. The number of amides is 1. The molecule has 1 atom stereocenters. The first-order valence-electron chi connectivity index (χ1n) is 8.60. The summed E-state index contributed by atoms with van der Waals surface area (Å²) in [6.45, 7) is 0.834. The van der Waals surface area contributed by atoms with Crippen molar-refractivity contribution < 1.29 is 13.2 Å². The van der Waals surface area contributed by atoms with Crippen LogP contribution in [0.1, 0.15) is 16.7 Å². The van der Waals surface area contributed by atoms with Crippen molar-refractivity contribution in [1.29, 1.82) is 0 Å². The minimum Gasteiger partial charge on any atom is -0.333 e. The van der Waals surface area contributed by atoms with Crippen molar-refractivity contribution in [2.24, 2.45) is 5.73 Å². The predicted octanol–water partition coefficient (Wildman–Crippen LogP) is 2.80. The summed E-state index contributed by atoms with van der Waals surface area (Å²) in [7, 11) is -1.85. The van der Waals surface area contributed by atoms with Gasteiger partial charge >= 0.3 is 0 Å². The van der Waals surface area contributed by atoms with Crippen LogP contribution in [-0.2, 0) is 34.3 Å². The molecular weight excluding hydrogens is 421 g/mol. The van der Waals surface area contributed by atoms with Gasteiger partial charge in [-0.05, 0) is 47.4 Å². The van der Waals surface area contributed by atoms with E-state index < -0.39 is 16.1 Å². The van der Waals surface area contributed by atoms with Gasteiger partial charge in [0.05, 0.1) is 18.0 Å². The van der Waals surface area contributed by atoms with Crippen LogP contribution >= 0.6 is 23.2 Å². The number of nitrogens with two attached hydrogens (primary N) is 1. The predicted molar refractivity (Wildman–Crippen MR) is 112 cm³/mol. The third-order valence-electron chi connectivity index (χ3n) is 4.86. The maximum atomic E-state index is 12.8. The van der Waals surface area contributed by atoms with Crippen molar-refractivity contribution >= 4 is 44.8 Å². The summed E-state index contributed by atoms with van der Waals surface area (Å²) in [5.41, 5.74) is 9.36. The number of nitrogens with zero attached hydrogens (tertiary/aromatic N) is 2. The smallest absolute Gasteiger partial charge is 0.240 e. The second kappa shape index (κ2) is 7.91. The van der Waals surface area contributed by atoms with Crippen molar-refractivity contribution in [3.8, 4) is 0 Å². The van der Waals surface area contributed by atoms with Crippen LogP contribution < -0.4 is 10.0 Å². The zero-order valence-corrected chi connectivity index (χ0v) is 17.9. The molecule has 0 unspecified atom stereocenters. The van der Waals surface area contributed by atoms with Crippen LogP contribution in [0.2, 0.25) is 10.0 Å². The first-order valence-corrected chi connectivity index (χ1v) is 11.2. The van der Waals surface area contributed by atoms with Crippen LogP contribution in [0.25, 0.3) is 0 Å². The second-order valence-corrected chi connectivity index (χ2v) is 9.78. The van der Waals surface area contributed by atoms with Gasteiger partial charge < -0.3 is 10.6 Å². The van der Waals surface area contributed by atoms with E-state index in [0.717, 1.165) is 22.9 Å². The van der Waals surface area contributed by atoms with Crippen molar-refractivity contribution in [3.05, 3.63) is 63.1 Å². The number of hydrogen-bond donors (Lipinski definition) is 1. The Kier molecular flexibility index (Phi) is 5.91.